The molecule has 0 aromatic heterocycles. The van der Waals surface area contributed by atoms with Gasteiger partial charge in [-0.05, 0) is 53.6 Å². The third-order valence-corrected chi connectivity index (χ3v) is 2.79. The second-order valence-electron chi connectivity index (χ2n) is 4.50. The fraction of sp³-hybridized carbons (Fsp3) is 0.500. The quantitative estimate of drug-likeness (QED) is 0.533. The number of nitrogens with one attached hydrogen (secondary N) is 1. The van der Waals surface area contributed by atoms with Crippen LogP contribution in [-0.4, -0.2) is 29.6 Å². The first kappa shape index (κ1) is 18.8. The van der Waals surface area contributed by atoms with E-state index in [0.29, 0.717) is 12.1 Å². The smallest absolute Gasteiger partial charge is 0.312 e. The topological polar surface area (TPSA) is 86.6 Å². The molecule has 0 spiro atoms. The van der Waals surface area contributed by atoms with Gasteiger partial charge in [-0.15, -0.1) is 0 Å². The zero-order valence-corrected chi connectivity index (χ0v) is 14.1. The molecule has 0 aliphatic heterocycles. The average Bonchev–Trinajstić information content (AvgIpc) is 2.17. The zero-order chi connectivity index (χ0) is 15.1. The van der Waals surface area contributed by atoms with Crippen molar-refractivity contribution < 1.29 is 17.5 Å². The molecular formula is C12H20INO4S. The van der Waals surface area contributed by atoms with E-state index in [1.54, 1.807) is 0 Å². The highest BCUT2D eigenvalue weighted by Crippen LogP contribution is 2.08. The monoisotopic (exact) mass is 401 g/mol. The molecule has 0 amide bonds. The van der Waals surface area contributed by atoms with Gasteiger partial charge >= 0.3 is 10.4 Å². The molecule has 0 unspecified atom stereocenters. The lowest BCUT2D eigenvalue weighted by molar-refractivity contribution is 0.381. The predicted octanol–water partition coefficient (Wildman–Crippen LogP) is 2.57. The molecule has 0 bridgehead atoms. The lowest BCUT2D eigenvalue weighted by Gasteiger charge is -2.16. The molecular weight excluding hydrogens is 381 g/mol. The third kappa shape index (κ3) is 14.0. The van der Waals surface area contributed by atoms with Gasteiger partial charge in [0.2, 0.25) is 0 Å². The van der Waals surface area contributed by atoms with Crippen molar-refractivity contribution in [3.05, 3.63) is 33.4 Å². The Hall–Kier alpha value is -0.220. The van der Waals surface area contributed by atoms with Crippen molar-refractivity contribution in [1.82, 2.24) is 5.32 Å². The average molecular weight is 401 g/mol. The summed E-state index contributed by atoms with van der Waals surface area (Å²) in [6.07, 6.45) is 1.11. The van der Waals surface area contributed by atoms with Crippen LogP contribution in [0.4, 0.5) is 0 Å². The largest absolute Gasteiger partial charge is 0.394 e. The van der Waals surface area contributed by atoms with E-state index in [2.05, 4.69) is 72.9 Å². The lowest BCUT2D eigenvalue weighted by Crippen LogP contribution is -2.33. The van der Waals surface area contributed by atoms with Gasteiger partial charge in [0.05, 0.1) is 0 Å². The maximum atomic E-state index is 8.74. The Morgan fingerprint density at radius 1 is 1.16 bits per heavy atom. The Morgan fingerprint density at radius 3 is 1.95 bits per heavy atom. The summed E-state index contributed by atoms with van der Waals surface area (Å²) in [5, 5.41) is 3.50. The van der Waals surface area contributed by atoms with Gasteiger partial charge in [-0.2, -0.15) is 8.42 Å². The van der Waals surface area contributed by atoms with Crippen molar-refractivity contribution in [1.29, 1.82) is 0 Å². The van der Waals surface area contributed by atoms with Crippen LogP contribution in [0.3, 0.4) is 0 Å². The molecule has 3 N–H and O–H groups in total. The minimum atomic E-state index is -4.67. The molecule has 0 saturated carbocycles. The highest BCUT2D eigenvalue weighted by molar-refractivity contribution is 14.1. The van der Waals surface area contributed by atoms with Gasteiger partial charge in [0.15, 0.2) is 0 Å². The lowest BCUT2D eigenvalue weighted by atomic mass is 10.1. The molecule has 110 valence electrons. The molecule has 1 aromatic rings. The standard InChI is InChI=1S/C12H18IN.H2O4S/c1-9(2)14-10(3)8-11-4-6-12(13)7-5-11;1-5(2,3)4/h4-7,9-10,14H,8H2,1-3H3;(H2,1,2,3,4)/t10-;/m1./s1. The van der Waals surface area contributed by atoms with Crippen molar-refractivity contribution >= 4 is 33.0 Å². The summed E-state index contributed by atoms with van der Waals surface area (Å²) in [6.45, 7) is 6.60. The van der Waals surface area contributed by atoms with Crippen LogP contribution < -0.4 is 5.32 Å². The maximum Gasteiger partial charge on any atom is 0.394 e. The minimum Gasteiger partial charge on any atom is -0.312 e. The summed E-state index contributed by atoms with van der Waals surface area (Å²) in [5.74, 6) is 0. The van der Waals surface area contributed by atoms with E-state index < -0.39 is 10.4 Å². The summed E-state index contributed by atoms with van der Waals surface area (Å²) in [5.41, 5.74) is 1.41. The molecule has 19 heavy (non-hydrogen) atoms. The molecule has 0 aliphatic carbocycles. The molecule has 1 rings (SSSR count). The molecule has 0 radical (unpaired) electrons. The van der Waals surface area contributed by atoms with E-state index in [-0.39, 0.29) is 0 Å². The molecule has 0 aliphatic rings. The Kier molecular flexibility index (Phi) is 8.75. The summed E-state index contributed by atoms with van der Waals surface area (Å²) < 4.78 is 32.9. The van der Waals surface area contributed by atoms with E-state index in [1.165, 1.54) is 9.13 Å². The van der Waals surface area contributed by atoms with Crippen molar-refractivity contribution in [3.63, 3.8) is 0 Å². The Morgan fingerprint density at radius 2 is 1.58 bits per heavy atom. The van der Waals surface area contributed by atoms with Gasteiger partial charge in [-0.1, -0.05) is 26.0 Å². The number of rotatable bonds is 4. The molecule has 5 nitrogen and oxygen atoms in total. The predicted molar refractivity (Wildman–Crippen MR) is 84.8 cm³/mol. The van der Waals surface area contributed by atoms with Gasteiger partial charge in [-0.3, -0.25) is 9.11 Å². The first-order chi connectivity index (χ1) is 8.58. The molecule has 0 fully saturated rings. The fourth-order valence-corrected chi connectivity index (χ4v) is 1.96. The van der Waals surface area contributed by atoms with Gasteiger partial charge in [0.25, 0.3) is 0 Å². The molecule has 1 aromatic carbocycles. The minimum absolute atomic E-state index is 0.551. The van der Waals surface area contributed by atoms with Crippen molar-refractivity contribution in [2.24, 2.45) is 0 Å². The summed E-state index contributed by atoms with van der Waals surface area (Å²) in [6, 6.07) is 9.86. The van der Waals surface area contributed by atoms with E-state index in [4.69, 9.17) is 17.5 Å². The molecule has 0 heterocycles. The Balaban J connectivity index is 0.000000555. The van der Waals surface area contributed by atoms with Crippen LogP contribution in [0.15, 0.2) is 24.3 Å². The maximum absolute atomic E-state index is 8.74. The van der Waals surface area contributed by atoms with E-state index in [9.17, 15) is 0 Å². The third-order valence-electron chi connectivity index (χ3n) is 2.07. The highest BCUT2D eigenvalue weighted by atomic mass is 127. The summed E-state index contributed by atoms with van der Waals surface area (Å²) >= 11 is 2.33. The van der Waals surface area contributed by atoms with Crippen LogP contribution >= 0.6 is 22.6 Å². The number of hydrogen-bond donors (Lipinski definition) is 3. The van der Waals surface area contributed by atoms with Crippen LogP contribution in [0.1, 0.15) is 26.3 Å². The SMILES string of the molecule is CC(C)N[C@H](C)Cc1ccc(I)cc1.O=S(=O)(O)O. The van der Waals surface area contributed by atoms with Crippen molar-refractivity contribution in [2.45, 2.75) is 39.3 Å². The van der Waals surface area contributed by atoms with Gasteiger partial charge in [0, 0.05) is 15.7 Å². The normalized spacial score (nSPS) is 12.8. The van der Waals surface area contributed by atoms with Gasteiger partial charge in [0.1, 0.15) is 0 Å². The fourth-order valence-electron chi connectivity index (χ4n) is 1.60. The number of benzene rings is 1. The van der Waals surface area contributed by atoms with Crippen LogP contribution in [0.5, 0.6) is 0 Å². The van der Waals surface area contributed by atoms with E-state index >= 15 is 0 Å². The van der Waals surface area contributed by atoms with Crippen molar-refractivity contribution in [3.8, 4) is 0 Å². The van der Waals surface area contributed by atoms with Crippen LogP contribution in [0, 0.1) is 3.57 Å². The first-order valence-electron chi connectivity index (χ1n) is 5.78. The first-order valence-corrected chi connectivity index (χ1v) is 8.26. The second-order valence-corrected chi connectivity index (χ2v) is 6.64. The van der Waals surface area contributed by atoms with Crippen LogP contribution in [-0.2, 0) is 16.8 Å². The highest BCUT2D eigenvalue weighted by Gasteiger charge is 2.04. The molecule has 1 atom stereocenters. The zero-order valence-electron chi connectivity index (χ0n) is 11.2. The number of hydrogen-bond acceptors (Lipinski definition) is 3. The van der Waals surface area contributed by atoms with Crippen LogP contribution in [0.2, 0.25) is 0 Å². The van der Waals surface area contributed by atoms with Crippen LogP contribution in [0.25, 0.3) is 0 Å². The van der Waals surface area contributed by atoms with E-state index in [0.717, 1.165) is 6.42 Å². The van der Waals surface area contributed by atoms with Crippen molar-refractivity contribution in [2.75, 3.05) is 0 Å². The molecule has 0 saturated heterocycles. The Bertz CT molecular complexity index is 451. The summed E-state index contributed by atoms with van der Waals surface area (Å²) in [7, 11) is -4.67. The second kappa shape index (κ2) is 8.85. The summed E-state index contributed by atoms with van der Waals surface area (Å²) in [4.78, 5) is 0. The van der Waals surface area contributed by atoms with Gasteiger partial charge < -0.3 is 5.32 Å². The molecule has 7 heteroatoms. The number of halogens is 1. The van der Waals surface area contributed by atoms with E-state index in [1.807, 2.05) is 0 Å². The Labute approximate surface area is 128 Å². The van der Waals surface area contributed by atoms with Gasteiger partial charge in [-0.25, -0.2) is 0 Å².